The second-order valence-electron chi connectivity index (χ2n) is 8.79. The highest BCUT2D eigenvalue weighted by Gasteiger charge is 2.32. The molecule has 1 saturated heterocycles. The van der Waals surface area contributed by atoms with Crippen LogP contribution in [0.3, 0.4) is 0 Å². The summed E-state index contributed by atoms with van der Waals surface area (Å²) in [7, 11) is -2.37. The Morgan fingerprint density at radius 2 is 1.88 bits per heavy atom. The molecule has 0 bridgehead atoms. The fourth-order valence-electron chi connectivity index (χ4n) is 2.70. The summed E-state index contributed by atoms with van der Waals surface area (Å²) in [5.74, 6) is -1.81. The fraction of sp³-hybridized carbons (Fsp3) is 0.632. The molecule has 1 aromatic carbocycles. The summed E-state index contributed by atoms with van der Waals surface area (Å²) in [4.78, 5) is 12.3. The largest absolute Gasteiger partial charge is 0.462 e. The first-order valence-electron chi connectivity index (χ1n) is 9.03. The van der Waals surface area contributed by atoms with Crippen LogP contribution in [0.4, 0.5) is 14.5 Å². The van der Waals surface area contributed by atoms with Crippen molar-refractivity contribution in [3.05, 3.63) is 17.7 Å². The van der Waals surface area contributed by atoms with Gasteiger partial charge in [-0.2, -0.15) is 0 Å². The SMILES string of the molecule is CC(C)(C)C(=O)Nc1cc(OC2CCCCO2)c(F)c([Si](C)(C)C)c1F. The van der Waals surface area contributed by atoms with Crippen LogP contribution in [0.5, 0.6) is 5.75 Å². The molecule has 4 nitrogen and oxygen atoms in total. The summed E-state index contributed by atoms with van der Waals surface area (Å²) in [6.07, 6.45) is 1.98. The lowest BCUT2D eigenvalue weighted by Gasteiger charge is -2.27. The molecule has 0 saturated carbocycles. The van der Waals surface area contributed by atoms with Gasteiger partial charge in [0.15, 0.2) is 17.9 Å². The highest BCUT2D eigenvalue weighted by Crippen LogP contribution is 2.30. The van der Waals surface area contributed by atoms with Crippen molar-refractivity contribution in [3.63, 3.8) is 0 Å². The van der Waals surface area contributed by atoms with Gasteiger partial charge < -0.3 is 14.8 Å². The van der Waals surface area contributed by atoms with Gasteiger partial charge in [0.05, 0.1) is 20.4 Å². The maximum absolute atomic E-state index is 15.0. The summed E-state index contributed by atoms with van der Waals surface area (Å²) in [6.45, 7) is 11.3. The molecule has 1 amide bonds. The summed E-state index contributed by atoms with van der Waals surface area (Å²) < 4.78 is 41.3. The van der Waals surface area contributed by atoms with Crippen molar-refractivity contribution in [1.29, 1.82) is 0 Å². The van der Waals surface area contributed by atoms with Gasteiger partial charge in [0.25, 0.3) is 0 Å². The number of carbonyl (C=O) groups excluding carboxylic acids is 1. The Balaban J connectivity index is 2.46. The zero-order valence-electron chi connectivity index (χ0n) is 16.5. The van der Waals surface area contributed by atoms with Crippen molar-refractivity contribution in [2.45, 2.75) is 66.0 Å². The molecule has 0 spiro atoms. The van der Waals surface area contributed by atoms with Crippen molar-refractivity contribution in [3.8, 4) is 5.75 Å². The van der Waals surface area contributed by atoms with Gasteiger partial charge in [-0.1, -0.05) is 40.4 Å². The number of amides is 1. The monoisotopic (exact) mass is 385 g/mol. The van der Waals surface area contributed by atoms with Crippen LogP contribution >= 0.6 is 0 Å². The molecule has 26 heavy (non-hydrogen) atoms. The Morgan fingerprint density at radius 1 is 1.23 bits per heavy atom. The zero-order chi connectivity index (χ0) is 19.7. The van der Waals surface area contributed by atoms with Gasteiger partial charge in [0.2, 0.25) is 5.91 Å². The minimum Gasteiger partial charge on any atom is -0.462 e. The Labute approximate surface area is 155 Å². The van der Waals surface area contributed by atoms with Crippen LogP contribution in [0, 0.1) is 17.0 Å². The van der Waals surface area contributed by atoms with E-state index in [9.17, 15) is 4.79 Å². The van der Waals surface area contributed by atoms with Crippen LogP contribution in [-0.4, -0.2) is 26.9 Å². The number of anilines is 1. The first-order chi connectivity index (χ1) is 11.9. The smallest absolute Gasteiger partial charge is 0.229 e. The van der Waals surface area contributed by atoms with Crippen LogP contribution in [0.2, 0.25) is 19.6 Å². The number of halogens is 2. The number of nitrogens with one attached hydrogen (secondary N) is 1. The second kappa shape index (κ2) is 7.64. The molecule has 0 radical (unpaired) electrons. The number of carbonyl (C=O) groups is 1. The van der Waals surface area contributed by atoms with Gasteiger partial charge in [-0.05, 0) is 12.8 Å². The normalized spacial score (nSPS) is 18.5. The summed E-state index contributed by atoms with van der Waals surface area (Å²) in [6, 6.07) is 1.23. The summed E-state index contributed by atoms with van der Waals surface area (Å²) in [5.41, 5.74) is -0.747. The topological polar surface area (TPSA) is 47.6 Å². The highest BCUT2D eigenvalue weighted by molar-refractivity contribution is 6.88. The number of ether oxygens (including phenoxy) is 2. The van der Waals surface area contributed by atoms with Crippen LogP contribution in [-0.2, 0) is 9.53 Å². The van der Waals surface area contributed by atoms with Crippen molar-refractivity contribution in [2.24, 2.45) is 5.41 Å². The Kier molecular flexibility index (Phi) is 6.12. The van der Waals surface area contributed by atoms with Gasteiger partial charge in [-0.25, -0.2) is 8.78 Å². The molecule has 1 aliphatic heterocycles. The Bertz CT molecular complexity index is 675. The van der Waals surface area contributed by atoms with E-state index in [0.717, 1.165) is 12.8 Å². The van der Waals surface area contributed by atoms with Crippen molar-refractivity contribution < 1.29 is 23.0 Å². The molecule has 0 aliphatic carbocycles. The number of rotatable bonds is 4. The molecule has 2 rings (SSSR count). The van der Waals surface area contributed by atoms with Crippen molar-refractivity contribution >= 4 is 24.9 Å². The van der Waals surface area contributed by atoms with Crippen molar-refractivity contribution in [1.82, 2.24) is 0 Å². The van der Waals surface area contributed by atoms with E-state index in [0.29, 0.717) is 13.0 Å². The van der Waals surface area contributed by atoms with E-state index >= 15 is 8.78 Å². The molecule has 1 unspecified atom stereocenters. The van der Waals surface area contributed by atoms with Gasteiger partial charge >= 0.3 is 0 Å². The van der Waals surface area contributed by atoms with Gasteiger partial charge in [-0.3, -0.25) is 4.79 Å². The Morgan fingerprint density at radius 3 is 2.38 bits per heavy atom. The van der Waals surface area contributed by atoms with E-state index in [1.165, 1.54) is 6.07 Å². The first-order valence-corrected chi connectivity index (χ1v) is 12.5. The molecule has 1 aromatic rings. The standard InChI is InChI=1S/C19H29F2NO3Si/c1-19(2,3)18(23)22-12-11-13(25-14-9-7-8-10-24-14)16(21)17(15(12)20)26(4,5)6/h11,14H,7-10H2,1-6H3,(H,22,23). The summed E-state index contributed by atoms with van der Waals surface area (Å²) in [5, 5.41) is 2.61. The highest BCUT2D eigenvalue weighted by atomic mass is 28.3. The van der Waals surface area contributed by atoms with E-state index in [1.54, 1.807) is 20.8 Å². The van der Waals surface area contributed by atoms with Gasteiger partial charge in [-0.15, -0.1) is 0 Å². The predicted molar refractivity (Wildman–Crippen MR) is 102 cm³/mol. The number of hydrogen-bond donors (Lipinski definition) is 1. The molecule has 7 heteroatoms. The molecular formula is C19H29F2NO3Si. The average molecular weight is 386 g/mol. The lowest BCUT2D eigenvalue weighted by Crippen LogP contribution is -2.44. The second-order valence-corrected chi connectivity index (χ2v) is 13.8. The predicted octanol–water partition coefficient (Wildman–Crippen LogP) is 4.40. The molecular weight excluding hydrogens is 356 g/mol. The minimum absolute atomic E-state index is 0.0232. The molecule has 0 aromatic heterocycles. The molecule has 1 aliphatic rings. The maximum atomic E-state index is 15.0. The molecule has 1 fully saturated rings. The maximum Gasteiger partial charge on any atom is 0.229 e. The third-order valence-corrected chi connectivity index (χ3v) is 6.18. The van der Waals surface area contributed by atoms with E-state index < -0.39 is 31.4 Å². The molecule has 1 atom stereocenters. The van der Waals surface area contributed by atoms with Crippen LogP contribution in [0.15, 0.2) is 6.07 Å². The molecule has 1 N–H and O–H groups in total. The van der Waals surface area contributed by atoms with Crippen molar-refractivity contribution in [2.75, 3.05) is 11.9 Å². The van der Waals surface area contributed by atoms with E-state index in [4.69, 9.17) is 9.47 Å². The van der Waals surface area contributed by atoms with Crippen LogP contribution < -0.4 is 15.2 Å². The minimum atomic E-state index is -2.37. The first kappa shape index (κ1) is 20.8. The quantitative estimate of drug-likeness (QED) is 0.782. The zero-order valence-corrected chi connectivity index (χ0v) is 17.5. The third-order valence-electron chi connectivity index (χ3n) is 4.24. The molecule has 1 heterocycles. The number of benzene rings is 1. The van der Waals surface area contributed by atoms with E-state index in [-0.39, 0.29) is 22.5 Å². The van der Waals surface area contributed by atoms with E-state index in [2.05, 4.69) is 5.32 Å². The van der Waals surface area contributed by atoms with Gasteiger partial charge in [0.1, 0.15) is 5.82 Å². The fourth-order valence-corrected chi connectivity index (χ4v) is 4.28. The third kappa shape index (κ3) is 4.82. The Hall–Kier alpha value is -1.47. The van der Waals surface area contributed by atoms with Gasteiger partial charge in [0, 0.05) is 23.1 Å². The van der Waals surface area contributed by atoms with Crippen LogP contribution in [0.25, 0.3) is 0 Å². The lowest BCUT2D eigenvalue weighted by molar-refractivity contribution is -0.123. The summed E-state index contributed by atoms with van der Waals surface area (Å²) >= 11 is 0. The lowest BCUT2D eigenvalue weighted by atomic mass is 9.95. The average Bonchev–Trinajstić information content (AvgIpc) is 2.50. The number of hydrogen-bond acceptors (Lipinski definition) is 3. The van der Waals surface area contributed by atoms with Crippen LogP contribution in [0.1, 0.15) is 40.0 Å². The van der Waals surface area contributed by atoms with E-state index in [1.807, 2.05) is 19.6 Å². The molecule has 146 valence electrons.